The number of thiazole rings is 1. The van der Waals surface area contributed by atoms with Crippen LogP contribution in [0.25, 0.3) is 21.0 Å². The molecule has 0 saturated heterocycles. The highest BCUT2D eigenvalue weighted by atomic mass is 32.1. The minimum absolute atomic E-state index is 0.265. The van der Waals surface area contributed by atoms with Gasteiger partial charge in [-0.05, 0) is 42.3 Å². The number of fused-ring (bicyclic) bond motifs is 2. The van der Waals surface area contributed by atoms with Crippen LogP contribution in [0.3, 0.4) is 0 Å². The van der Waals surface area contributed by atoms with Crippen molar-refractivity contribution in [2.45, 2.75) is 19.8 Å². The maximum atomic E-state index is 12.2. The highest BCUT2D eigenvalue weighted by Gasteiger charge is 2.19. The van der Waals surface area contributed by atoms with Crippen LogP contribution in [0.4, 0.5) is 5.13 Å². The summed E-state index contributed by atoms with van der Waals surface area (Å²) >= 11 is 1.49. The molecule has 5 nitrogen and oxygen atoms in total. The summed E-state index contributed by atoms with van der Waals surface area (Å²) < 4.78 is 6.05. The van der Waals surface area contributed by atoms with E-state index in [0.29, 0.717) is 10.9 Å². The van der Waals surface area contributed by atoms with Crippen molar-refractivity contribution in [2.24, 2.45) is 0 Å². The van der Waals surface area contributed by atoms with Gasteiger partial charge in [0.05, 0.1) is 10.2 Å². The van der Waals surface area contributed by atoms with E-state index in [4.69, 9.17) is 4.52 Å². The van der Waals surface area contributed by atoms with Gasteiger partial charge < -0.3 is 4.52 Å². The van der Waals surface area contributed by atoms with Gasteiger partial charge in [0.2, 0.25) is 0 Å². The van der Waals surface area contributed by atoms with Crippen LogP contribution in [0.5, 0.6) is 0 Å². The van der Waals surface area contributed by atoms with E-state index in [-0.39, 0.29) is 11.6 Å². The third-order valence-corrected chi connectivity index (χ3v) is 5.35. The van der Waals surface area contributed by atoms with Crippen LogP contribution in [-0.4, -0.2) is 16.0 Å². The number of carbonyl (C=O) groups is 1. The Hall–Kier alpha value is -2.73. The van der Waals surface area contributed by atoms with E-state index in [9.17, 15) is 4.79 Å². The van der Waals surface area contributed by atoms with E-state index in [1.165, 1.54) is 33.2 Å². The summed E-state index contributed by atoms with van der Waals surface area (Å²) in [6.07, 6.45) is 2.17. The lowest BCUT2D eigenvalue weighted by atomic mass is 10.0. The average Bonchev–Trinajstić information content (AvgIpc) is 3.27. The summed E-state index contributed by atoms with van der Waals surface area (Å²) in [5.41, 5.74) is 3.98. The number of hydrogen-bond acceptors (Lipinski definition) is 5. The minimum atomic E-state index is -0.303. The highest BCUT2D eigenvalue weighted by Crippen LogP contribution is 2.39. The predicted molar refractivity (Wildman–Crippen MR) is 93.7 cm³/mol. The lowest BCUT2D eigenvalue weighted by molar-refractivity contribution is 0.101. The number of nitrogens with one attached hydrogen (secondary N) is 1. The first-order valence-corrected chi connectivity index (χ1v) is 8.59. The van der Waals surface area contributed by atoms with Crippen LogP contribution in [-0.2, 0) is 12.8 Å². The topological polar surface area (TPSA) is 68.0 Å². The first kappa shape index (κ1) is 13.7. The Bertz CT molecular complexity index is 1130. The van der Waals surface area contributed by atoms with Crippen molar-refractivity contribution in [3.8, 4) is 0 Å². The standard InChI is InChI=1S/C18H13N3O2S/c1-9-7-13(21-23-9)17(22)20-18-19-16-12-4-2-3-10-5-6-11(15(10)12)8-14(16)24-18/h2-4,7-8H,5-6H2,1H3,(H,19,20,22). The van der Waals surface area contributed by atoms with Gasteiger partial charge in [0, 0.05) is 11.5 Å². The highest BCUT2D eigenvalue weighted by molar-refractivity contribution is 7.22. The molecule has 1 amide bonds. The van der Waals surface area contributed by atoms with Crippen molar-refractivity contribution in [3.63, 3.8) is 0 Å². The average molecular weight is 335 g/mol. The van der Waals surface area contributed by atoms with Crippen molar-refractivity contribution >= 4 is 43.4 Å². The smallest absolute Gasteiger partial charge is 0.279 e. The molecule has 0 radical (unpaired) electrons. The van der Waals surface area contributed by atoms with Gasteiger partial charge in [0.25, 0.3) is 5.91 Å². The maximum Gasteiger partial charge on any atom is 0.279 e. The van der Waals surface area contributed by atoms with Crippen molar-refractivity contribution in [3.05, 3.63) is 52.9 Å². The molecule has 1 aliphatic carbocycles. The molecule has 24 heavy (non-hydrogen) atoms. The largest absolute Gasteiger partial charge is 0.361 e. The third-order valence-electron chi connectivity index (χ3n) is 4.43. The molecular formula is C18H13N3O2S. The first-order chi connectivity index (χ1) is 11.7. The van der Waals surface area contributed by atoms with Crippen LogP contribution >= 0.6 is 11.3 Å². The number of benzene rings is 2. The van der Waals surface area contributed by atoms with E-state index >= 15 is 0 Å². The molecule has 0 bridgehead atoms. The Morgan fingerprint density at radius 2 is 2.12 bits per heavy atom. The molecule has 2 aromatic heterocycles. The summed E-state index contributed by atoms with van der Waals surface area (Å²) in [6, 6.07) is 10.2. The Kier molecular flexibility index (Phi) is 2.78. The summed E-state index contributed by atoms with van der Waals surface area (Å²) in [4.78, 5) is 16.9. The fourth-order valence-electron chi connectivity index (χ4n) is 3.39. The zero-order valence-corrected chi connectivity index (χ0v) is 13.7. The van der Waals surface area contributed by atoms with E-state index in [0.717, 1.165) is 23.1 Å². The Morgan fingerprint density at radius 1 is 1.25 bits per heavy atom. The van der Waals surface area contributed by atoms with Crippen LogP contribution in [0.15, 0.2) is 34.9 Å². The molecule has 5 rings (SSSR count). The zero-order chi connectivity index (χ0) is 16.3. The second-order valence-electron chi connectivity index (χ2n) is 6.02. The molecule has 4 aromatic rings. The van der Waals surface area contributed by atoms with Crippen LogP contribution in [0, 0.1) is 6.92 Å². The number of aromatic nitrogens is 2. The van der Waals surface area contributed by atoms with Crippen LogP contribution < -0.4 is 5.32 Å². The molecule has 0 spiro atoms. The normalized spacial score (nSPS) is 13.0. The van der Waals surface area contributed by atoms with Crippen molar-refractivity contribution in [1.82, 2.24) is 10.1 Å². The first-order valence-electron chi connectivity index (χ1n) is 7.78. The van der Waals surface area contributed by atoms with Gasteiger partial charge in [0.1, 0.15) is 5.76 Å². The van der Waals surface area contributed by atoms with Gasteiger partial charge in [-0.3, -0.25) is 10.1 Å². The Morgan fingerprint density at radius 3 is 2.96 bits per heavy atom. The van der Waals surface area contributed by atoms with E-state index in [2.05, 4.69) is 39.7 Å². The Labute approximate surface area is 141 Å². The van der Waals surface area contributed by atoms with Crippen molar-refractivity contribution in [1.29, 1.82) is 0 Å². The molecule has 1 N–H and O–H groups in total. The SMILES string of the molecule is Cc1cc(C(=O)Nc2nc3c(cc4c5c(cccc53)CC4)s2)no1. The summed E-state index contributed by atoms with van der Waals surface area (Å²) in [5.74, 6) is 0.304. The molecule has 6 heteroatoms. The number of nitrogens with zero attached hydrogens (tertiary/aromatic N) is 2. The molecule has 0 atom stereocenters. The molecule has 0 fully saturated rings. The van der Waals surface area contributed by atoms with Gasteiger partial charge in [-0.1, -0.05) is 34.7 Å². The third kappa shape index (κ3) is 1.96. The van der Waals surface area contributed by atoms with E-state index in [1.807, 2.05) is 0 Å². The summed E-state index contributed by atoms with van der Waals surface area (Å²) in [6.45, 7) is 1.76. The lowest BCUT2D eigenvalue weighted by Gasteiger charge is -2.02. The predicted octanol–water partition coefficient (Wildman–Crippen LogP) is 4.10. The number of carbonyl (C=O) groups excluding carboxylic acids is 1. The molecule has 2 aromatic carbocycles. The van der Waals surface area contributed by atoms with E-state index < -0.39 is 0 Å². The molecular weight excluding hydrogens is 322 g/mol. The molecule has 1 aliphatic rings. The molecule has 0 aliphatic heterocycles. The number of anilines is 1. The Balaban J connectivity index is 1.60. The van der Waals surface area contributed by atoms with Crippen molar-refractivity contribution in [2.75, 3.05) is 5.32 Å². The molecule has 2 heterocycles. The molecule has 118 valence electrons. The van der Waals surface area contributed by atoms with Crippen molar-refractivity contribution < 1.29 is 9.32 Å². The van der Waals surface area contributed by atoms with Gasteiger partial charge in [-0.25, -0.2) is 4.98 Å². The molecule has 0 unspecified atom stereocenters. The minimum Gasteiger partial charge on any atom is -0.361 e. The fraction of sp³-hybridized carbons (Fsp3) is 0.167. The summed E-state index contributed by atoms with van der Waals surface area (Å²) in [5, 5.41) is 9.65. The zero-order valence-electron chi connectivity index (χ0n) is 12.9. The lowest BCUT2D eigenvalue weighted by Crippen LogP contribution is -2.11. The van der Waals surface area contributed by atoms with Crippen LogP contribution in [0.2, 0.25) is 0 Å². The number of aryl methyl sites for hydroxylation is 3. The number of hydrogen-bond donors (Lipinski definition) is 1. The quantitative estimate of drug-likeness (QED) is 0.599. The van der Waals surface area contributed by atoms with Gasteiger partial charge in [0.15, 0.2) is 10.8 Å². The maximum absolute atomic E-state index is 12.2. The monoisotopic (exact) mass is 335 g/mol. The van der Waals surface area contributed by atoms with E-state index in [1.54, 1.807) is 13.0 Å². The van der Waals surface area contributed by atoms with Gasteiger partial charge >= 0.3 is 0 Å². The van der Waals surface area contributed by atoms with Crippen LogP contribution in [0.1, 0.15) is 27.4 Å². The van der Waals surface area contributed by atoms with Gasteiger partial charge in [-0.15, -0.1) is 0 Å². The number of amides is 1. The fourth-order valence-corrected chi connectivity index (χ4v) is 4.34. The van der Waals surface area contributed by atoms with Gasteiger partial charge in [-0.2, -0.15) is 0 Å². The second-order valence-corrected chi connectivity index (χ2v) is 7.05. The summed E-state index contributed by atoms with van der Waals surface area (Å²) in [7, 11) is 0. The second kappa shape index (κ2) is 4.88. The number of rotatable bonds is 2. The molecule has 0 saturated carbocycles.